The van der Waals surface area contributed by atoms with Crippen LogP contribution < -0.4 is 5.73 Å². The molecule has 0 unspecified atom stereocenters. The number of nitrogens with zero attached hydrogens (tertiary/aromatic N) is 3. The predicted molar refractivity (Wildman–Crippen MR) is 93.6 cm³/mol. The standard InChI is InChI=1S/C16H22ClFN4O2/c1-16(2,3)24-15(23)22(5)9-10(8-20-4)13(19)11-6-7-21-14(17)12(11)18/h6-8H,9,19H2,1-5H3/b13-10+,20-8?. The van der Waals surface area contributed by atoms with Crippen molar-refractivity contribution in [2.24, 2.45) is 10.7 Å². The van der Waals surface area contributed by atoms with Gasteiger partial charge in [0.25, 0.3) is 0 Å². The van der Waals surface area contributed by atoms with Crippen molar-refractivity contribution >= 4 is 29.6 Å². The van der Waals surface area contributed by atoms with Gasteiger partial charge >= 0.3 is 6.09 Å². The number of hydrogen-bond donors (Lipinski definition) is 1. The SMILES string of the molecule is CN=C/C(CN(C)C(=O)OC(C)(C)C)=C(\N)c1ccnc(Cl)c1F. The molecule has 0 aliphatic heterocycles. The van der Waals surface area contributed by atoms with E-state index in [1.165, 1.54) is 23.4 Å². The number of likely N-dealkylation sites (N-methyl/N-ethyl adjacent to an activating group) is 1. The molecule has 1 aromatic rings. The third-order valence-corrected chi connectivity index (χ3v) is 3.14. The first-order chi connectivity index (χ1) is 11.1. The Balaban J connectivity index is 3.13. The zero-order valence-electron chi connectivity index (χ0n) is 14.4. The molecule has 0 saturated carbocycles. The molecular formula is C16H22ClFN4O2. The van der Waals surface area contributed by atoms with Crippen molar-refractivity contribution in [3.8, 4) is 0 Å². The highest BCUT2D eigenvalue weighted by molar-refractivity contribution is 6.29. The van der Waals surface area contributed by atoms with Gasteiger partial charge in [0.05, 0.1) is 6.54 Å². The van der Waals surface area contributed by atoms with Gasteiger partial charge in [-0.1, -0.05) is 11.6 Å². The van der Waals surface area contributed by atoms with Crippen LogP contribution in [0.25, 0.3) is 5.70 Å². The summed E-state index contributed by atoms with van der Waals surface area (Å²) >= 11 is 5.69. The largest absolute Gasteiger partial charge is 0.444 e. The number of halogens is 2. The van der Waals surface area contributed by atoms with Gasteiger partial charge in [0.15, 0.2) is 11.0 Å². The van der Waals surface area contributed by atoms with Gasteiger partial charge in [0, 0.05) is 43.3 Å². The van der Waals surface area contributed by atoms with E-state index in [-0.39, 0.29) is 23.0 Å². The topological polar surface area (TPSA) is 80.8 Å². The number of rotatable bonds is 4. The van der Waals surface area contributed by atoms with Crippen molar-refractivity contribution in [3.05, 3.63) is 34.4 Å². The second kappa shape index (κ2) is 8.10. The van der Waals surface area contributed by atoms with Crippen LogP contribution in [0.1, 0.15) is 26.3 Å². The van der Waals surface area contributed by atoms with Crippen LogP contribution >= 0.6 is 11.6 Å². The molecule has 0 aliphatic carbocycles. The number of aromatic nitrogens is 1. The normalized spacial score (nSPS) is 13.0. The summed E-state index contributed by atoms with van der Waals surface area (Å²) in [6.07, 6.45) is 2.29. The van der Waals surface area contributed by atoms with E-state index in [2.05, 4.69) is 9.98 Å². The second-order valence-corrected chi connectivity index (χ2v) is 6.48. The third kappa shape index (κ3) is 5.49. The van der Waals surface area contributed by atoms with Gasteiger partial charge in [-0.3, -0.25) is 4.99 Å². The minimum Gasteiger partial charge on any atom is -0.444 e. The summed E-state index contributed by atoms with van der Waals surface area (Å²) in [6.45, 7) is 5.40. The monoisotopic (exact) mass is 356 g/mol. The fraction of sp³-hybridized carbons (Fsp3) is 0.438. The number of carbonyl (C=O) groups is 1. The van der Waals surface area contributed by atoms with Gasteiger partial charge in [-0.15, -0.1) is 0 Å². The molecule has 0 saturated heterocycles. The number of ether oxygens (including phenoxy) is 1. The molecule has 1 aromatic heterocycles. The first-order valence-electron chi connectivity index (χ1n) is 7.22. The quantitative estimate of drug-likeness (QED) is 0.664. The van der Waals surface area contributed by atoms with E-state index in [1.807, 2.05) is 0 Å². The molecule has 0 aromatic carbocycles. The first-order valence-corrected chi connectivity index (χ1v) is 7.60. The van der Waals surface area contributed by atoms with E-state index < -0.39 is 17.5 Å². The van der Waals surface area contributed by atoms with Crippen molar-refractivity contribution in [3.63, 3.8) is 0 Å². The van der Waals surface area contributed by atoms with E-state index in [0.717, 1.165) is 0 Å². The Morgan fingerprint density at radius 2 is 2.17 bits per heavy atom. The molecule has 0 spiro atoms. The summed E-state index contributed by atoms with van der Waals surface area (Å²) in [6, 6.07) is 1.41. The number of amides is 1. The van der Waals surface area contributed by atoms with E-state index >= 15 is 0 Å². The second-order valence-electron chi connectivity index (χ2n) is 6.13. The Labute approximate surface area is 146 Å². The van der Waals surface area contributed by atoms with Crippen molar-refractivity contribution in [2.45, 2.75) is 26.4 Å². The van der Waals surface area contributed by atoms with Crippen molar-refractivity contribution in [1.29, 1.82) is 0 Å². The van der Waals surface area contributed by atoms with Gasteiger partial charge in [-0.05, 0) is 26.8 Å². The molecular weight excluding hydrogens is 335 g/mol. The smallest absolute Gasteiger partial charge is 0.410 e. The molecule has 132 valence electrons. The van der Waals surface area contributed by atoms with Crippen LogP contribution in [-0.4, -0.2) is 48.4 Å². The minimum atomic E-state index is -0.724. The molecule has 0 fully saturated rings. The van der Waals surface area contributed by atoms with E-state index in [0.29, 0.717) is 5.57 Å². The van der Waals surface area contributed by atoms with Gasteiger partial charge in [0.2, 0.25) is 0 Å². The highest BCUT2D eigenvalue weighted by Gasteiger charge is 2.21. The molecule has 0 bridgehead atoms. The lowest BCUT2D eigenvalue weighted by molar-refractivity contribution is 0.0316. The summed E-state index contributed by atoms with van der Waals surface area (Å²) in [5.74, 6) is -0.724. The molecule has 8 heteroatoms. The van der Waals surface area contributed by atoms with Gasteiger partial charge < -0.3 is 15.4 Å². The average molecular weight is 357 g/mol. The van der Waals surface area contributed by atoms with Crippen molar-refractivity contribution in [2.75, 3.05) is 20.6 Å². The summed E-state index contributed by atoms with van der Waals surface area (Å²) in [7, 11) is 3.11. The van der Waals surface area contributed by atoms with Crippen LogP contribution in [0.3, 0.4) is 0 Å². The average Bonchev–Trinajstić information content (AvgIpc) is 2.47. The number of hydrogen-bond acceptors (Lipinski definition) is 5. The van der Waals surface area contributed by atoms with Gasteiger partial charge in [0.1, 0.15) is 5.60 Å². The summed E-state index contributed by atoms with van der Waals surface area (Å²) in [5.41, 5.74) is 6.11. The first kappa shape index (κ1) is 19.9. The van der Waals surface area contributed by atoms with Crippen molar-refractivity contribution in [1.82, 2.24) is 9.88 Å². The minimum absolute atomic E-state index is 0.0947. The molecule has 0 atom stereocenters. The zero-order valence-corrected chi connectivity index (χ0v) is 15.2. The van der Waals surface area contributed by atoms with Crippen LogP contribution in [0.5, 0.6) is 0 Å². The lowest BCUT2D eigenvalue weighted by atomic mass is 10.1. The third-order valence-electron chi connectivity index (χ3n) is 2.88. The molecule has 24 heavy (non-hydrogen) atoms. The lowest BCUT2D eigenvalue weighted by Gasteiger charge is -2.25. The Kier molecular flexibility index (Phi) is 6.71. The fourth-order valence-corrected chi connectivity index (χ4v) is 1.97. The maximum Gasteiger partial charge on any atom is 0.410 e. The summed E-state index contributed by atoms with van der Waals surface area (Å²) < 4.78 is 19.4. The van der Waals surface area contributed by atoms with E-state index in [1.54, 1.807) is 34.9 Å². The van der Waals surface area contributed by atoms with Crippen LogP contribution in [-0.2, 0) is 4.74 Å². The van der Waals surface area contributed by atoms with Crippen LogP contribution in [0.15, 0.2) is 22.8 Å². The Hall–Kier alpha value is -2.15. The van der Waals surface area contributed by atoms with E-state index in [9.17, 15) is 9.18 Å². The fourth-order valence-electron chi connectivity index (χ4n) is 1.81. The maximum atomic E-state index is 14.1. The maximum absolute atomic E-state index is 14.1. The van der Waals surface area contributed by atoms with Crippen LogP contribution in [0.4, 0.5) is 9.18 Å². The number of pyridine rings is 1. The highest BCUT2D eigenvalue weighted by atomic mass is 35.5. The molecule has 1 rings (SSSR count). The molecule has 1 heterocycles. The van der Waals surface area contributed by atoms with Gasteiger partial charge in [-0.2, -0.15) is 0 Å². The number of aliphatic imine (C=N–C) groups is 1. The Morgan fingerprint density at radius 1 is 1.54 bits per heavy atom. The lowest BCUT2D eigenvalue weighted by Crippen LogP contribution is -2.35. The highest BCUT2D eigenvalue weighted by Crippen LogP contribution is 2.22. The molecule has 1 amide bonds. The summed E-state index contributed by atoms with van der Waals surface area (Å²) in [5, 5.41) is -0.274. The molecule has 0 radical (unpaired) electrons. The van der Waals surface area contributed by atoms with Crippen molar-refractivity contribution < 1.29 is 13.9 Å². The van der Waals surface area contributed by atoms with Crippen LogP contribution in [0, 0.1) is 5.82 Å². The molecule has 0 aliphatic rings. The van der Waals surface area contributed by atoms with Gasteiger partial charge in [-0.25, -0.2) is 14.2 Å². The predicted octanol–water partition coefficient (Wildman–Crippen LogP) is 3.11. The Bertz CT molecular complexity index is 669. The number of carbonyl (C=O) groups excluding carboxylic acids is 1. The molecule has 6 nitrogen and oxygen atoms in total. The Morgan fingerprint density at radius 3 is 2.71 bits per heavy atom. The zero-order chi connectivity index (χ0) is 18.5. The van der Waals surface area contributed by atoms with Crippen LogP contribution in [0.2, 0.25) is 5.15 Å². The molecule has 2 N–H and O–H groups in total. The summed E-state index contributed by atoms with van der Waals surface area (Å²) in [4.78, 5) is 21.0. The number of nitrogens with two attached hydrogens (primary N) is 1. The van der Waals surface area contributed by atoms with E-state index in [4.69, 9.17) is 22.1 Å².